The summed E-state index contributed by atoms with van der Waals surface area (Å²) in [4.78, 5) is 2.98. The first-order valence-electron chi connectivity index (χ1n) is 3.51. The van der Waals surface area contributed by atoms with Crippen molar-refractivity contribution in [3.63, 3.8) is 0 Å². The summed E-state index contributed by atoms with van der Waals surface area (Å²) in [6.07, 6.45) is 1.76. The van der Waals surface area contributed by atoms with Crippen LogP contribution in [0.1, 0.15) is 5.69 Å². The Bertz CT molecular complexity index is 246. The zero-order chi connectivity index (χ0) is 8.97. The Balaban J connectivity index is 0.00000144. The van der Waals surface area contributed by atoms with Gasteiger partial charge in [0.2, 0.25) is 11.4 Å². The Labute approximate surface area is 88.4 Å². The fourth-order valence-electron chi connectivity index (χ4n) is 0.992. The van der Waals surface area contributed by atoms with Gasteiger partial charge >= 0.3 is 0 Å². The van der Waals surface area contributed by atoms with Gasteiger partial charge in [-0.3, -0.25) is 0 Å². The molecule has 0 atom stereocenters. The van der Waals surface area contributed by atoms with Gasteiger partial charge in [-0.1, -0.05) is 0 Å². The lowest BCUT2D eigenvalue weighted by Crippen LogP contribution is -2.11. The molecule has 1 aromatic heterocycles. The number of halogens is 2. The van der Waals surface area contributed by atoms with Crippen LogP contribution in [0.4, 0.5) is 0 Å². The summed E-state index contributed by atoms with van der Waals surface area (Å²) < 4.78 is 10.2. The molecule has 0 aliphatic heterocycles. The van der Waals surface area contributed by atoms with Crippen molar-refractivity contribution in [1.82, 2.24) is 0 Å². The van der Waals surface area contributed by atoms with E-state index in [9.17, 15) is 0 Å². The van der Waals surface area contributed by atoms with E-state index in [-0.39, 0.29) is 12.4 Å². The predicted molar refractivity (Wildman–Crippen MR) is 52.9 cm³/mol. The average molecular weight is 225 g/mol. The molecule has 0 spiro atoms. The molecular weight excluding hydrogens is 213 g/mol. The van der Waals surface area contributed by atoms with Crippen LogP contribution in [-0.2, 0) is 5.88 Å². The van der Waals surface area contributed by atoms with Gasteiger partial charge in [0.25, 0.3) is 0 Å². The molecule has 0 aliphatic rings. The summed E-state index contributed by atoms with van der Waals surface area (Å²) in [5.41, 5.74) is 0.818. The molecule has 0 amide bonds. The molecule has 0 saturated carbocycles. The number of alkyl halides is 1. The van der Waals surface area contributed by atoms with Gasteiger partial charge in [0.15, 0.2) is 11.9 Å². The van der Waals surface area contributed by atoms with Crippen LogP contribution in [0.5, 0.6) is 11.5 Å². The second-order valence-electron chi connectivity index (χ2n) is 2.19. The van der Waals surface area contributed by atoms with Crippen LogP contribution >= 0.6 is 24.0 Å². The van der Waals surface area contributed by atoms with E-state index in [2.05, 4.69) is 4.98 Å². The minimum absolute atomic E-state index is 0. The minimum atomic E-state index is 0. The lowest BCUT2D eigenvalue weighted by atomic mass is 10.3. The van der Waals surface area contributed by atoms with E-state index in [1.165, 1.54) is 0 Å². The summed E-state index contributed by atoms with van der Waals surface area (Å²) in [5.74, 6) is 1.72. The first-order chi connectivity index (χ1) is 5.83. The van der Waals surface area contributed by atoms with Crippen LogP contribution in [0, 0.1) is 0 Å². The summed E-state index contributed by atoms with van der Waals surface area (Å²) in [6, 6.07) is 1.79. The summed E-state index contributed by atoms with van der Waals surface area (Å²) in [6.45, 7) is 0. The van der Waals surface area contributed by atoms with Gasteiger partial charge in [0.05, 0.1) is 14.2 Å². The topological polar surface area (TPSA) is 32.6 Å². The largest absolute Gasteiger partial charge is 0.492 e. The summed E-state index contributed by atoms with van der Waals surface area (Å²) in [5, 5.41) is 0. The van der Waals surface area contributed by atoms with Gasteiger partial charge in [-0.25, -0.2) is 4.98 Å². The van der Waals surface area contributed by atoms with Crippen molar-refractivity contribution in [3.8, 4) is 11.5 Å². The van der Waals surface area contributed by atoms with Crippen LogP contribution in [-0.4, -0.2) is 14.2 Å². The van der Waals surface area contributed by atoms with Crippen molar-refractivity contribution < 1.29 is 14.5 Å². The SMILES string of the molecule is COc1cc[nH+]c(CCl)c1OC.Cl. The number of aromatic amines is 1. The van der Waals surface area contributed by atoms with Crippen LogP contribution in [0.3, 0.4) is 0 Å². The molecule has 1 aromatic rings. The van der Waals surface area contributed by atoms with Gasteiger partial charge in [0.1, 0.15) is 5.88 Å². The van der Waals surface area contributed by atoms with Crippen molar-refractivity contribution in [1.29, 1.82) is 0 Å². The molecule has 0 saturated heterocycles. The average Bonchev–Trinajstić information content (AvgIpc) is 2.16. The first-order valence-corrected chi connectivity index (χ1v) is 4.04. The number of H-pyrrole nitrogens is 1. The van der Waals surface area contributed by atoms with E-state index < -0.39 is 0 Å². The Morgan fingerprint density at radius 3 is 2.54 bits per heavy atom. The van der Waals surface area contributed by atoms with Gasteiger partial charge in [0, 0.05) is 6.07 Å². The molecule has 5 heteroatoms. The predicted octanol–water partition coefficient (Wildman–Crippen LogP) is 1.68. The highest BCUT2D eigenvalue weighted by atomic mass is 35.5. The smallest absolute Gasteiger partial charge is 0.240 e. The fraction of sp³-hybridized carbons (Fsp3) is 0.375. The quantitative estimate of drug-likeness (QED) is 0.733. The molecule has 0 aromatic carbocycles. The van der Waals surface area contributed by atoms with Crippen LogP contribution < -0.4 is 14.5 Å². The van der Waals surface area contributed by atoms with Crippen molar-refractivity contribution in [2.75, 3.05) is 14.2 Å². The van der Waals surface area contributed by atoms with E-state index in [0.717, 1.165) is 5.69 Å². The van der Waals surface area contributed by atoms with Gasteiger partial charge in [-0.2, -0.15) is 0 Å². The monoisotopic (exact) mass is 224 g/mol. The normalized spacial score (nSPS) is 8.85. The van der Waals surface area contributed by atoms with Crippen LogP contribution in [0.15, 0.2) is 12.3 Å². The molecule has 3 nitrogen and oxygen atoms in total. The standard InChI is InChI=1S/C8H10ClNO2.ClH/c1-11-7-3-4-10-6(5-9)8(7)12-2;/h3-4H,5H2,1-2H3;1H/p+1. The van der Waals surface area contributed by atoms with Gasteiger partial charge in [-0.05, 0) is 0 Å². The summed E-state index contributed by atoms with van der Waals surface area (Å²) >= 11 is 5.67. The maximum Gasteiger partial charge on any atom is 0.240 e. The molecule has 0 bridgehead atoms. The van der Waals surface area contributed by atoms with Gasteiger partial charge in [-0.15, -0.1) is 24.0 Å². The first kappa shape index (κ1) is 12.3. The maximum atomic E-state index is 5.67. The highest BCUT2D eigenvalue weighted by Crippen LogP contribution is 2.27. The number of rotatable bonds is 3. The zero-order valence-corrected chi connectivity index (χ0v) is 9.04. The molecule has 1 heterocycles. The Hall–Kier alpha value is -0.670. The molecule has 1 N–H and O–H groups in total. The minimum Gasteiger partial charge on any atom is -0.492 e. The Morgan fingerprint density at radius 1 is 1.38 bits per heavy atom. The second-order valence-corrected chi connectivity index (χ2v) is 2.46. The number of methoxy groups -OCH3 is 2. The van der Waals surface area contributed by atoms with Crippen LogP contribution in [0.2, 0.25) is 0 Å². The van der Waals surface area contributed by atoms with Gasteiger partial charge < -0.3 is 9.47 Å². The molecule has 13 heavy (non-hydrogen) atoms. The molecule has 0 fully saturated rings. The highest BCUT2D eigenvalue weighted by molar-refractivity contribution is 6.17. The number of nitrogens with one attached hydrogen (secondary N) is 1. The summed E-state index contributed by atoms with van der Waals surface area (Å²) in [7, 11) is 3.18. The molecule has 0 radical (unpaired) electrons. The number of hydrogen-bond donors (Lipinski definition) is 0. The van der Waals surface area contributed by atoms with E-state index in [1.54, 1.807) is 26.5 Å². The third-order valence-electron chi connectivity index (χ3n) is 1.55. The second kappa shape index (κ2) is 5.89. The lowest BCUT2D eigenvalue weighted by Gasteiger charge is -2.05. The molecule has 0 aliphatic carbocycles. The van der Waals surface area contributed by atoms with Crippen molar-refractivity contribution >= 4 is 24.0 Å². The number of pyridine rings is 1. The highest BCUT2D eigenvalue weighted by Gasteiger charge is 2.14. The Morgan fingerprint density at radius 2 is 2.08 bits per heavy atom. The lowest BCUT2D eigenvalue weighted by molar-refractivity contribution is -0.389. The number of ether oxygens (including phenoxy) is 2. The number of hydrogen-bond acceptors (Lipinski definition) is 2. The molecular formula is C8H12Cl2NO2+. The van der Waals surface area contributed by atoms with E-state index in [4.69, 9.17) is 21.1 Å². The molecule has 74 valence electrons. The van der Waals surface area contributed by atoms with Crippen molar-refractivity contribution in [3.05, 3.63) is 18.0 Å². The van der Waals surface area contributed by atoms with Crippen molar-refractivity contribution in [2.24, 2.45) is 0 Å². The Kier molecular flexibility index (Phi) is 5.58. The van der Waals surface area contributed by atoms with E-state index >= 15 is 0 Å². The fourth-order valence-corrected chi connectivity index (χ4v) is 1.19. The van der Waals surface area contributed by atoms with Crippen molar-refractivity contribution in [2.45, 2.75) is 5.88 Å². The third-order valence-corrected chi connectivity index (χ3v) is 1.82. The van der Waals surface area contributed by atoms with E-state index in [0.29, 0.717) is 17.4 Å². The maximum absolute atomic E-state index is 5.67. The third kappa shape index (κ3) is 2.64. The van der Waals surface area contributed by atoms with E-state index in [1.807, 2.05) is 0 Å². The molecule has 0 unspecified atom stereocenters. The molecule has 1 rings (SSSR count). The number of aromatic nitrogens is 1. The zero-order valence-electron chi connectivity index (χ0n) is 7.46. The van der Waals surface area contributed by atoms with Crippen LogP contribution in [0.25, 0.3) is 0 Å².